The standard InChI is InChI=1S/C14H23N3O/c1-13(2)5-4-6-14(15,8-7-13)11-12(18-3)17-10-9-16-11/h9-10H,4-8,15H2,1-3H3. The van der Waals surface area contributed by atoms with Crippen molar-refractivity contribution in [2.75, 3.05) is 7.11 Å². The third-order valence-corrected chi connectivity index (χ3v) is 4.05. The summed E-state index contributed by atoms with van der Waals surface area (Å²) in [6, 6.07) is 0. The zero-order valence-electron chi connectivity index (χ0n) is 11.6. The highest BCUT2D eigenvalue weighted by molar-refractivity contribution is 5.26. The number of aromatic nitrogens is 2. The Morgan fingerprint density at radius 1 is 1.11 bits per heavy atom. The second-order valence-corrected chi connectivity index (χ2v) is 6.09. The van der Waals surface area contributed by atoms with Crippen molar-refractivity contribution >= 4 is 0 Å². The average Bonchev–Trinajstić information content (AvgIpc) is 2.49. The van der Waals surface area contributed by atoms with Crippen molar-refractivity contribution < 1.29 is 4.74 Å². The van der Waals surface area contributed by atoms with Crippen LogP contribution in [0.3, 0.4) is 0 Å². The fraction of sp³-hybridized carbons (Fsp3) is 0.714. The molecule has 0 saturated heterocycles. The van der Waals surface area contributed by atoms with Gasteiger partial charge in [-0.25, -0.2) is 4.98 Å². The lowest BCUT2D eigenvalue weighted by Crippen LogP contribution is -2.37. The fourth-order valence-corrected chi connectivity index (χ4v) is 2.75. The predicted octanol–water partition coefficient (Wildman–Crippen LogP) is 2.63. The minimum atomic E-state index is -0.395. The third-order valence-electron chi connectivity index (χ3n) is 4.05. The van der Waals surface area contributed by atoms with Gasteiger partial charge in [0.05, 0.1) is 12.6 Å². The van der Waals surface area contributed by atoms with Crippen LogP contribution in [0.15, 0.2) is 12.4 Å². The fourth-order valence-electron chi connectivity index (χ4n) is 2.75. The van der Waals surface area contributed by atoms with Crippen molar-refractivity contribution in [2.24, 2.45) is 11.1 Å². The minimum Gasteiger partial charge on any atom is -0.480 e. The molecule has 0 spiro atoms. The smallest absolute Gasteiger partial charge is 0.237 e. The quantitative estimate of drug-likeness (QED) is 0.818. The molecule has 1 unspecified atom stereocenters. The van der Waals surface area contributed by atoms with E-state index in [1.807, 2.05) is 0 Å². The van der Waals surface area contributed by atoms with Crippen molar-refractivity contribution in [3.63, 3.8) is 0 Å². The van der Waals surface area contributed by atoms with E-state index in [-0.39, 0.29) is 0 Å². The molecule has 2 rings (SSSR count). The Bertz CT molecular complexity index is 419. The summed E-state index contributed by atoms with van der Waals surface area (Å²) in [6.07, 6.45) is 8.69. The maximum atomic E-state index is 6.60. The van der Waals surface area contributed by atoms with E-state index in [4.69, 9.17) is 10.5 Å². The van der Waals surface area contributed by atoms with Gasteiger partial charge < -0.3 is 10.5 Å². The van der Waals surface area contributed by atoms with Gasteiger partial charge in [-0.15, -0.1) is 0 Å². The van der Waals surface area contributed by atoms with E-state index in [9.17, 15) is 0 Å². The van der Waals surface area contributed by atoms with E-state index in [1.54, 1.807) is 19.5 Å². The molecule has 0 aromatic carbocycles. The van der Waals surface area contributed by atoms with Crippen LogP contribution in [0.2, 0.25) is 0 Å². The maximum Gasteiger partial charge on any atom is 0.237 e. The van der Waals surface area contributed by atoms with E-state index in [2.05, 4.69) is 23.8 Å². The van der Waals surface area contributed by atoms with Crippen molar-refractivity contribution in [3.05, 3.63) is 18.1 Å². The van der Waals surface area contributed by atoms with Crippen LogP contribution in [-0.2, 0) is 5.54 Å². The summed E-state index contributed by atoms with van der Waals surface area (Å²) < 4.78 is 5.30. The first-order valence-electron chi connectivity index (χ1n) is 6.61. The molecule has 0 aliphatic heterocycles. The molecule has 1 aliphatic carbocycles. The van der Waals surface area contributed by atoms with E-state index >= 15 is 0 Å². The molecule has 2 N–H and O–H groups in total. The van der Waals surface area contributed by atoms with Gasteiger partial charge in [-0.3, -0.25) is 4.98 Å². The Morgan fingerprint density at radius 3 is 2.56 bits per heavy atom. The Balaban J connectivity index is 2.30. The monoisotopic (exact) mass is 249 g/mol. The molecular weight excluding hydrogens is 226 g/mol. The molecule has 1 aromatic rings. The second kappa shape index (κ2) is 4.84. The van der Waals surface area contributed by atoms with Crippen LogP contribution < -0.4 is 10.5 Å². The molecule has 1 heterocycles. The second-order valence-electron chi connectivity index (χ2n) is 6.09. The molecule has 100 valence electrons. The van der Waals surface area contributed by atoms with Gasteiger partial charge in [0.2, 0.25) is 5.88 Å². The molecule has 1 fully saturated rings. The normalized spacial score (nSPS) is 27.6. The summed E-state index contributed by atoms with van der Waals surface area (Å²) in [4.78, 5) is 8.64. The van der Waals surface area contributed by atoms with Crippen LogP contribution in [0, 0.1) is 5.41 Å². The summed E-state index contributed by atoms with van der Waals surface area (Å²) >= 11 is 0. The van der Waals surface area contributed by atoms with E-state index in [0.717, 1.165) is 31.4 Å². The van der Waals surface area contributed by atoms with Crippen molar-refractivity contribution in [2.45, 2.75) is 51.5 Å². The maximum absolute atomic E-state index is 6.60. The van der Waals surface area contributed by atoms with Crippen LogP contribution in [0.1, 0.15) is 51.6 Å². The topological polar surface area (TPSA) is 61.0 Å². The number of nitrogens with two attached hydrogens (primary N) is 1. The van der Waals surface area contributed by atoms with Crippen molar-refractivity contribution in [1.29, 1.82) is 0 Å². The highest BCUT2D eigenvalue weighted by Crippen LogP contribution is 2.42. The Morgan fingerprint density at radius 2 is 1.83 bits per heavy atom. The predicted molar refractivity (Wildman–Crippen MR) is 71.3 cm³/mol. The third kappa shape index (κ3) is 2.64. The number of rotatable bonds is 2. The van der Waals surface area contributed by atoms with Gasteiger partial charge >= 0.3 is 0 Å². The first kappa shape index (κ1) is 13.3. The molecule has 1 aromatic heterocycles. The highest BCUT2D eigenvalue weighted by atomic mass is 16.5. The molecule has 1 atom stereocenters. The lowest BCUT2D eigenvalue weighted by molar-refractivity contribution is 0.290. The lowest BCUT2D eigenvalue weighted by Gasteiger charge is -2.29. The van der Waals surface area contributed by atoms with Gasteiger partial charge in [0, 0.05) is 12.4 Å². The summed E-state index contributed by atoms with van der Waals surface area (Å²) in [5.41, 5.74) is 7.38. The average molecular weight is 249 g/mol. The van der Waals surface area contributed by atoms with Crippen LogP contribution in [0.5, 0.6) is 5.88 Å². The summed E-state index contributed by atoms with van der Waals surface area (Å²) in [5, 5.41) is 0. The first-order valence-corrected chi connectivity index (χ1v) is 6.61. The molecular formula is C14H23N3O. The molecule has 1 saturated carbocycles. The molecule has 0 radical (unpaired) electrons. The van der Waals surface area contributed by atoms with Crippen molar-refractivity contribution in [3.8, 4) is 5.88 Å². The zero-order chi connectivity index (χ0) is 13.2. The van der Waals surface area contributed by atoms with Gasteiger partial charge in [0.25, 0.3) is 0 Å². The minimum absolute atomic E-state index is 0.372. The molecule has 0 amide bonds. The highest BCUT2D eigenvalue weighted by Gasteiger charge is 2.37. The number of hydrogen-bond donors (Lipinski definition) is 1. The number of methoxy groups -OCH3 is 1. The van der Waals surface area contributed by atoms with Crippen LogP contribution in [-0.4, -0.2) is 17.1 Å². The molecule has 0 bridgehead atoms. The van der Waals surface area contributed by atoms with Crippen molar-refractivity contribution in [1.82, 2.24) is 9.97 Å². The Kier molecular flexibility index (Phi) is 3.57. The van der Waals surface area contributed by atoms with Gasteiger partial charge in [-0.2, -0.15) is 0 Å². The van der Waals surface area contributed by atoms with E-state index < -0.39 is 5.54 Å². The Labute approximate surface area is 109 Å². The summed E-state index contributed by atoms with van der Waals surface area (Å²) in [6.45, 7) is 4.62. The molecule has 4 nitrogen and oxygen atoms in total. The van der Waals surface area contributed by atoms with Crippen LogP contribution in [0.4, 0.5) is 0 Å². The van der Waals surface area contributed by atoms with E-state index in [0.29, 0.717) is 11.3 Å². The van der Waals surface area contributed by atoms with Gasteiger partial charge in [0.1, 0.15) is 5.69 Å². The lowest BCUT2D eigenvalue weighted by atomic mass is 9.83. The van der Waals surface area contributed by atoms with Gasteiger partial charge in [0.15, 0.2) is 0 Å². The van der Waals surface area contributed by atoms with Gasteiger partial charge in [-0.05, 0) is 31.1 Å². The molecule has 4 heteroatoms. The Hall–Kier alpha value is -1.16. The summed E-state index contributed by atoms with van der Waals surface area (Å²) in [5.74, 6) is 0.569. The number of ether oxygens (including phenoxy) is 1. The SMILES string of the molecule is COc1nccnc1C1(N)CCCC(C)(C)CC1. The first-order chi connectivity index (χ1) is 8.47. The van der Waals surface area contributed by atoms with E-state index in [1.165, 1.54) is 6.42 Å². The number of nitrogens with zero attached hydrogens (tertiary/aromatic N) is 2. The number of hydrogen-bond acceptors (Lipinski definition) is 4. The molecule has 18 heavy (non-hydrogen) atoms. The van der Waals surface area contributed by atoms with Crippen LogP contribution >= 0.6 is 0 Å². The van der Waals surface area contributed by atoms with Crippen LogP contribution in [0.25, 0.3) is 0 Å². The zero-order valence-corrected chi connectivity index (χ0v) is 11.6. The van der Waals surface area contributed by atoms with Gasteiger partial charge in [-0.1, -0.05) is 20.3 Å². The summed E-state index contributed by atoms with van der Waals surface area (Å²) in [7, 11) is 1.62. The largest absolute Gasteiger partial charge is 0.480 e. The molecule has 1 aliphatic rings.